The van der Waals surface area contributed by atoms with Crippen molar-refractivity contribution in [3.05, 3.63) is 50.6 Å². The number of hydrogen-bond donors (Lipinski definition) is 1. The van der Waals surface area contributed by atoms with Crippen molar-refractivity contribution >= 4 is 15.9 Å². The molecule has 3 nitrogen and oxygen atoms in total. The van der Waals surface area contributed by atoms with Crippen molar-refractivity contribution < 1.29 is 4.39 Å². The van der Waals surface area contributed by atoms with Crippen molar-refractivity contribution in [3.63, 3.8) is 0 Å². The molecular formula is C13H14BrFN2O. The number of H-pyrrole nitrogens is 1. The summed E-state index contributed by atoms with van der Waals surface area (Å²) in [7, 11) is 0. The molecule has 0 bridgehead atoms. The van der Waals surface area contributed by atoms with Crippen molar-refractivity contribution in [3.8, 4) is 5.69 Å². The Hall–Kier alpha value is -1.36. The molecule has 0 atom stereocenters. The average molecular weight is 313 g/mol. The molecule has 0 aliphatic heterocycles. The van der Waals surface area contributed by atoms with E-state index >= 15 is 0 Å². The lowest BCUT2D eigenvalue weighted by molar-refractivity contribution is 0.600. The Morgan fingerprint density at radius 2 is 2.06 bits per heavy atom. The fourth-order valence-electron chi connectivity index (χ4n) is 1.81. The number of rotatable bonds is 3. The van der Waals surface area contributed by atoms with Crippen LogP contribution in [0.1, 0.15) is 19.5 Å². The fourth-order valence-corrected chi connectivity index (χ4v) is 2.24. The second-order valence-corrected chi connectivity index (χ2v) is 5.39. The Morgan fingerprint density at radius 3 is 2.67 bits per heavy atom. The number of aromatic nitrogens is 2. The van der Waals surface area contributed by atoms with Gasteiger partial charge in [-0.25, -0.2) is 9.07 Å². The molecule has 0 spiro atoms. The van der Waals surface area contributed by atoms with Crippen LogP contribution < -0.4 is 5.56 Å². The molecule has 0 aliphatic rings. The van der Waals surface area contributed by atoms with Gasteiger partial charge in [-0.1, -0.05) is 26.0 Å². The van der Waals surface area contributed by atoms with E-state index in [1.165, 1.54) is 10.7 Å². The highest BCUT2D eigenvalue weighted by molar-refractivity contribution is 9.10. The molecule has 2 aromatic rings. The molecule has 0 aliphatic carbocycles. The Morgan fingerprint density at radius 1 is 1.39 bits per heavy atom. The van der Waals surface area contributed by atoms with Gasteiger partial charge in [0.05, 0.1) is 5.69 Å². The number of nitrogens with zero attached hydrogens (tertiary/aromatic N) is 1. The molecule has 1 N–H and O–H groups in total. The summed E-state index contributed by atoms with van der Waals surface area (Å²) < 4.78 is 15.4. The maximum Gasteiger partial charge on any atom is 0.285 e. The topological polar surface area (TPSA) is 37.8 Å². The maximum absolute atomic E-state index is 13.7. The predicted molar refractivity (Wildman–Crippen MR) is 72.6 cm³/mol. The van der Waals surface area contributed by atoms with Crippen molar-refractivity contribution in [1.82, 2.24) is 9.78 Å². The van der Waals surface area contributed by atoms with E-state index in [0.717, 1.165) is 12.1 Å². The van der Waals surface area contributed by atoms with Gasteiger partial charge in [-0.2, -0.15) is 0 Å². The molecule has 1 heterocycles. The summed E-state index contributed by atoms with van der Waals surface area (Å²) in [5.41, 5.74) is 0.757. The van der Waals surface area contributed by atoms with E-state index in [-0.39, 0.29) is 11.2 Å². The molecule has 0 amide bonds. The zero-order valence-corrected chi connectivity index (χ0v) is 11.8. The molecule has 0 fully saturated rings. The molecule has 0 unspecified atom stereocenters. The average Bonchev–Trinajstić information content (AvgIpc) is 2.58. The van der Waals surface area contributed by atoms with Crippen LogP contribution in [-0.4, -0.2) is 9.78 Å². The predicted octanol–water partition coefficient (Wildman–Crippen LogP) is 3.27. The number of aromatic amines is 1. The highest BCUT2D eigenvalue weighted by Crippen LogP contribution is 2.17. The SMILES string of the molecule is CC(C)Cc1[nH]n(-c2ccccc2F)c(=O)c1Br. The van der Waals surface area contributed by atoms with E-state index in [0.29, 0.717) is 10.4 Å². The van der Waals surface area contributed by atoms with Gasteiger partial charge in [0.25, 0.3) is 5.56 Å². The van der Waals surface area contributed by atoms with Crippen LogP contribution in [0.25, 0.3) is 5.69 Å². The van der Waals surface area contributed by atoms with Crippen molar-refractivity contribution in [1.29, 1.82) is 0 Å². The van der Waals surface area contributed by atoms with Crippen molar-refractivity contribution in [2.75, 3.05) is 0 Å². The normalized spacial score (nSPS) is 11.2. The third kappa shape index (κ3) is 2.41. The van der Waals surface area contributed by atoms with Gasteiger partial charge in [0.2, 0.25) is 0 Å². The maximum atomic E-state index is 13.7. The first-order valence-corrected chi connectivity index (χ1v) is 6.54. The van der Waals surface area contributed by atoms with E-state index in [9.17, 15) is 9.18 Å². The fraction of sp³-hybridized carbons (Fsp3) is 0.308. The smallest absolute Gasteiger partial charge is 0.285 e. The van der Waals surface area contributed by atoms with E-state index in [1.54, 1.807) is 18.2 Å². The van der Waals surface area contributed by atoms with Crippen molar-refractivity contribution in [2.45, 2.75) is 20.3 Å². The molecule has 1 aromatic heterocycles. The number of para-hydroxylation sites is 1. The molecule has 18 heavy (non-hydrogen) atoms. The first-order valence-electron chi connectivity index (χ1n) is 5.75. The summed E-state index contributed by atoms with van der Waals surface area (Å²) >= 11 is 3.26. The first kappa shape index (κ1) is 13.1. The van der Waals surface area contributed by atoms with Gasteiger partial charge in [0.15, 0.2) is 0 Å². The standard InChI is InChI=1S/C13H14BrFN2O/c1-8(2)7-10-12(14)13(18)17(16-10)11-6-4-3-5-9(11)15/h3-6,8,16H,7H2,1-2H3. The van der Waals surface area contributed by atoms with Crippen LogP contribution >= 0.6 is 15.9 Å². The Kier molecular flexibility index (Phi) is 3.71. The van der Waals surface area contributed by atoms with Crippen LogP contribution in [0.15, 0.2) is 33.5 Å². The molecule has 5 heteroatoms. The lowest BCUT2D eigenvalue weighted by atomic mass is 10.1. The molecule has 0 radical (unpaired) electrons. The zero-order chi connectivity index (χ0) is 13.3. The van der Waals surface area contributed by atoms with Gasteiger partial charge >= 0.3 is 0 Å². The Bertz CT molecular complexity index is 616. The summed E-state index contributed by atoms with van der Waals surface area (Å²) in [6.07, 6.45) is 0.733. The Balaban J connectivity index is 2.54. The molecule has 0 saturated heterocycles. The largest absolute Gasteiger partial charge is 0.294 e. The second kappa shape index (κ2) is 5.10. The number of nitrogens with one attached hydrogen (secondary N) is 1. The highest BCUT2D eigenvalue weighted by Gasteiger charge is 2.15. The van der Waals surface area contributed by atoms with Gasteiger partial charge in [-0.3, -0.25) is 9.89 Å². The first-order chi connectivity index (χ1) is 8.50. The van der Waals surface area contributed by atoms with Crippen LogP contribution in [0.3, 0.4) is 0 Å². The van der Waals surface area contributed by atoms with E-state index in [1.807, 2.05) is 0 Å². The van der Waals surface area contributed by atoms with Gasteiger partial charge in [0.1, 0.15) is 16.0 Å². The summed E-state index contributed by atoms with van der Waals surface area (Å²) in [6.45, 7) is 4.12. The molecular weight excluding hydrogens is 299 g/mol. The highest BCUT2D eigenvalue weighted by atomic mass is 79.9. The summed E-state index contributed by atoms with van der Waals surface area (Å²) in [6, 6.07) is 6.19. The van der Waals surface area contributed by atoms with E-state index in [2.05, 4.69) is 34.9 Å². The van der Waals surface area contributed by atoms with Gasteiger partial charge in [-0.15, -0.1) is 0 Å². The molecule has 2 rings (SSSR count). The third-order valence-corrected chi connectivity index (χ3v) is 3.43. The quantitative estimate of drug-likeness (QED) is 0.928. The minimum absolute atomic E-state index is 0.234. The molecule has 1 aromatic carbocycles. The van der Waals surface area contributed by atoms with E-state index < -0.39 is 5.82 Å². The van der Waals surface area contributed by atoms with Crippen molar-refractivity contribution in [2.24, 2.45) is 5.92 Å². The van der Waals surface area contributed by atoms with E-state index in [4.69, 9.17) is 0 Å². The number of benzene rings is 1. The van der Waals surface area contributed by atoms with Gasteiger partial charge in [0, 0.05) is 0 Å². The van der Waals surface area contributed by atoms with Crippen LogP contribution in [0, 0.1) is 11.7 Å². The lowest BCUT2D eigenvalue weighted by Crippen LogP contribution is -2.15. The monoisotopic (exact) mass is 312 g/mol. The zero-order valence-electron chi connectivity index (χ0n) is 10.2. The molecule has 96 valence electrons. The lowest BCUT2D eigenvalue weighted by Gasteiger charge is -2.04. The molecule has 0 saturated carbocycles. The third-order valence-electron chi connectivity index (χ3n) is 2.61. The van der Waals surface area contributed by atoms with Crippen LogP contribution in [0.2, 0.25) is 0 Å². The minimum atomic E-state index is -0.426. The summed E-state index contributed by atoms with van der Waals surface area (Å²) in [4.78, 5) is 12.0. The van der Waals surface area contributed by atoms with Crippen LogP contribution in [0.5, 0.6) is 0 Å². The summed E-state index contributed by atoms with van der Waals surface area (Å²) in [5, 5.41) is 2.96. The second-order valence-electron chi connectivity index (χ2n) is 4.59. The van der Waals surface area contributed by atoms with Gasteiger partial charge in [-0.05, 0) is 40.4 Å². The van der Waals surface area contributed by atoms with Crippen LogP contribution in [-0.2, 0) is 6.42 Å². The minimum Gasteiger partial charge on any atom is -0.294 e. The summed E-state index contributed by atoms with van der Waals surface area (Å²) in [5.74, 6) is -0.0159. The van der Waals surface area contributed by atoms with Gasteiger partial charge < -0.3 is 0 Å². The Labute approximate surface area is 113 Å². The number of hydrogen-bond acceptors (Lipinski definition) is 1. The van der Waals surface area contributed by atoms with Crippen LogP contribution in [0.4, 0.5) is 4.39 Å². The number of halogens is 2.